The summed E-state index contributed by atoms with van der Waals surface area (Å²) < 4.78 is 24.2. The van der Waals surface area contributed by atoms with Crippen LogP contribution in [0.2, 0.25) is 0 Å². The number of sulfone groups is 1. The smallest absolute Gasteiger partial charge is 0.238 e. The van der Waals surface area contributed by atoms with Crippen LogP contribution in [0.4, 0.5) is 0 Å². The average Bonchev–Trinajstić information content (AvgIpc) is 2.97. The second kappa shape index (κ2) is 6.04. The van der Waals surface area contributed by atoms with Crippen LogP contribution in [0, 0.1) is 0 Å². The average molecular weight is 308 g/mol. The molecule has 2 aromatic heterocycles. The van der Waals surface area contributed by atoms with Gasteiger partial charge in [0, 0.05) is 31.4 Å². The van der Waals surface area contributed by atoms with Gasteiger partial charge in [0.1, 0.15) is 5.25 Å². The molecule has 0 aliphatic carbocycles. The number of nitrogens with zero attached hydrogens (tertiary/aromatic N) is 3. The molecule has 8 heteroatoms. The van der Waals surface area contributed by atoms with E-state index in [9.17, 15) is 13.2 Å². The summed E-state index contributed by atoms with van der Waals surface area (Å²) >= 11 is 0. The van der Waals surface area contributed by atoms with Crippen molar-refractivity contribution in [1.82, 2.24) is 20.1 Å². The molecule has 0 spiro atoms. The molecule has 0 aromatic carbocycles. The first-order valence-electron chi connectivity index (χ1n) is 6.29. The molecule has 2 heterocycles. The largest absolute Gasteiger partial charge is 0.351 e. The molecule has 7 nitrogen and oxygen atoms in total. The predicted octanol–water partition coefficient (Wildman–Crippen LogP) is 0.317. The Morgan fingerprint density at radius 1 is 1.43 bits per heavy atom. The number of pyridine rings is 1. The van der Waals surface area contributed by atoms with Crippen LogP contribution in [0.15, 0.2) is 36.8 Å². The molecular weight excluding hydrogens is 292 g/mol. The lowest BCUT2D eigenvalue weighted by Gasteiger charge is -2.11. The summed E-state index contributed by atoms with van der Waals surface area (Å²) in [6.07, 6.45) is 6.05. The second-order valence-electron chi connectivity index (χ2n) is 4.66. The third-order valence-corrected chi connectivity index (χ3v) is 4.53. The van der Waals surface area contributed by atoms with Crippen LogP contribution in [0.3, 0.4) is 0 Å². The standard InChI is InChI=1S/C13H16N4O3S/c1-10(21(2,19)20)13(18)15-9-11-4-6-14-12(8-11)17-7-3-5-16-17/h3-8,10H,9H2,1-2H3,(H,15,18)/t10-/m1/s1. The molecule has 1 atom stereocenters. The predicted molar refractivity (Wildman–Crippen MR) is 77.5 cm³/mol. The number of aromatic nitrogens is 3. The summed E-state index contributed by atoms with van der Waals surface area (Å²) in [6, 6.07) is 5.31. The monoisotopic (exact) mass is 308 g/mol. The molecule has 1 N–H and O–H groups in total. The van der Waals surface area contributed by atoms with Crippen molar-refractivity contribution in [3.63, 3.8) is 0 Å². The van der Waals surface area contributed by atoms with Crippen molar-refractivity contribution >= 4 is 15.7 Å². The number of hydrogen-bond donors (Lipinski definition) is 1. The maximum Gasteiger partial charge on any atom is 0.238 e. The summed E-state index contributed by atoms with van der Waals surface area (Å²) in [5.74, 6) is 0.109. The van der Waals surface area contributed by atoms with Crippen LogP contribution in [0.1, 0.15) is 12.5 Å². The van der Waals surface area contributed by atoms with E-state index in [1.54, 1.807) is 41.5 Å². The Kier molecular flexibility index (Phi) is 4.37. The fourth-order valence-corrected chi connectivity index (χ4v) is 2.10. The van der Waals surface area contributed by atoms with Gasteiger partial charge >= 0.3 is 0 Å². The van der Waals surface area contributed by atoms with Gasteiger partial charge in [-0.3, -0.25) is 4.79 Å². The number of nitrogens with one attached hydrogen (secondary N) is 1. The Morgan fingerprint density at radius 3 is 2.81 bits per heavy atom. The Balaban J connectivity index is 2.04. The molecule has 0 aliphatic heterocycles. The van der Waals surface area contributed by atoms with E-state index in [1.807, 2.05) is 0 Å². The minimum atomic E-state index is -3.39. The van der Waals surface area contributed by atoms with Gasteiger partial charge in [0.15, 0.2) is 15.7 Å². The van der Waals surface area contributed by atoms with Crippen molar-refractivity contribution in [2.45, 2.75) is 18.7 Å². The molecule has 2 aromatic rings. The SMILES string of the molecule is C[C@H](C(=O)NCc1ccnc(-n2cccn2)c1)S(C)(=O)=O. The van der Waals surface area contributed by atoms with Crippen molar-refractivity contribution in [1.29, 1.82) is 0 Å². The number of rotatable bonds is 5. The van der Waals surface area contributed by atoms with Gasteiger partial charge in [-0.1, -0.05) is 0 Å². The topological polar surface area (TPSA) is 93.9 Å². The molecule has 0 fully saturated rings. The Hall–Kier alpha value is -2.22. The highest BCUT2D eigenvalue weighted by Gasteiger charge is 2.22. The lowest BCUT2D eigenvalue weighted by atomic mass is 10.2. The van der Waals surface area contributed by atoms with Gasteiger partial charge in [-0.2, -0.15) is 5.10 Å². The zero-order chi connectivity index (χ0) is 15.5. The van der Waals surface area contributed by atoms with Gasteiger partial charge in [0.05, 0.1) is 0 Å². The maximum atomic E-state index is 11.8. The Morgan fingerprint density at radius 2 is 2.19 bits per heavy atom. The van der Waals surface area contributed by atoms with E-state index in [1.165, 1.54) is 6.92 Å². The van der Waals surface area contributed by atoms with E-state index in [4.69, 9.17) is 0 Å². The quantitative estimate of drug-likeness (QED) is 0.858. The summed E-state index contributed by atoms with van der Waals surface area (Å²) in [5.41, 5.74) is 0.810. The lowest BCUT2D eigenvalue weighted by Crippen LogP contribution is -2.37. The van der Waals surface area contributed by atoms with Crippen molar-refractivity contribution in [2.24, 2.45) is 0 Å². The number of carbonyl (C=O) groups is 1. The fourth-order valence-electron chi connectivity index (χ4n) is 1.63. The minimum absolute atomic E-state index is 0.232. The molecule has 0 saturated carbocycles. The third kappa shape index (κ3) is 3.88. The van der Waals surface area contributed by atoms with Crippen LogP contribution in [-0.4, -0.2) is 40.6 Å². The number of amides is 1. The van der Waals surface area contributed by atoms with Crippen LogP contribution < -0.4 is 5.32 Å². The van der Waals surface area contributed by atoms with Gasteiger partial charge in [0.2, 0.25) is 5.91 Å². The van der Waals surface area contributed by atoms with E-state index in [0.29, 0.717) is 5.82 Å². The van der Waals surface area contributed by atoms with Crippen molar-refractivity contribution in [2.75, 3.05) is 6.26 Å². The van der Waals surface area contributed by atoms with Crippen LogP contribution in [-0.2, 0) is 21.2 Å². The Bertz CT molecular complexity index is 726. The summed E-state index contributed by atoms with van der Waals surface area (Å²) in [6.45, 7) is 1.60. The highest BCUT2D eigenvalue weighted by molar-refractivity contribution is 7.92. The molecule has 21 heavy (non-hydrogen) atoms. The number of carbonyl (C=O) groups excluding carboxylic acids is 1. The van der Waals surface area contributed by atoms with E-state index in [0.717, 1.165) is 11.8 Å². The fraction of sp³-hybridized carbons (Fsp3) is 0.308. The minimum Gasteiger partial charge on any atom is -0.351 e. The van der Waals surface area contributed by atoms with Gasteiger partial charge in [-0.05, 0) is 30.7 Å². The summed E-state index contributed by atoms with van der Waals surface area (Å²) in [5, 5.41) is 5.61. The third-order valence-electron chi connectivity index (χ3n) is 3.03. The van der Waals surface area contributed by atoms with Crippen LogP contribution in [0.25, 0.3) is 5.82 Å². The maximum absolute atomic E-state index is 11.8. The zero-order valence-corrected chi connectivity index (χ0v) is 12.5. The van der Waals surface area contributed by atoms with Gasteiger partial charge in [0.25, 0.3) is 0 Å². The molecule has 0 unspecified atom stereocenters. The second-order valence-corrected chi connectivity index (χ2v) is 7.03. The molecule has 0 bridgehead atoms. The zero-order valence-electron chi connectivity index (χ0n) is 11.7. The van der Waals surface area contributed by atoms with Crippen LogP contribution in [0.5, 0.6) is 0 Å². The van der Waals surface area contributed by atoms with Gasteiger partial charge < -0.3 is 5.32 Å². The van der Waals surface area contributed by atoms with Crippen molar-refractivity contribution < 1.29 is 13.2 Å². The van der Waals surface area contributed by atoms with E-state index in [-0.39, 0.29) is 6.54 Å². The van der Waals surface area contributed by atoms with Crippen LogP contribution >= 0.6 is 0 Å². The van der Waals surface area contributed by atoms with Crippen molar-refractivity contribution in [3.05, 3.63) is 42.4 Å². The molecular formula is C13H16N4O3S. The van der Waals surface area contributed by atoms with E-state index in [2.05, 4.69) is 15.4 Å². The van der Waals surface area contributed by atoms with Gasteiger partial charge in [-0.15, -0.1) is 0 Å². The lowest BCUT2D eigenvalue weighted by molar-refractivity contribution is -0.120. The first kappa shape index (κ1) is 15.2. The normalized spacial score (nSPS) is 12.9. The molecule has 0 radical (unpaired) electrons. The molecule has 2 rings (SSSR count). The van der Waals surface area contributed by atoms with Crippen molar-refractivity contribution in [3.8, 4) is 5.82 Å². The summed E-state index contributed by atoms with van der Waals surface area (Å²) in [4.78, 5) is 15.9. The first-order chi connectivity index (χ1) is 9.88. The first-order valence-corrected chi connectivity index (χ1v) is 8.25. The molecule has 0 saturated heterocycles. The molecule has 0 aliphatic rings. The molecule has 1 amide bonds. The molecule has 112 valence electrons. The van der Waals surface area contributed by atoms with E-state index >= 15 is 0 Å². The highest BCUT2D eigenvalue weighted by atomic mass is 32.2. The van der Waals surface area contributed by atoms with Gasteiger partial charge in [-0.25, -0.2) is 18.1 Å². The van der Waals surface area contributed by atoms with E-state index < -0.39 is 21.0 Å². The number of hydrogen-bond acceptors (Lipinski definition) is 5. The Labute approximate surface area is 122 Å². The summed E-state index contributed by atoms with van der Waals surface area (Å²) in [7, 11) is -3.39. The highest BCUT2D eigenvalue weighted by Crippen LogP contribution is 2.06.